The monoisotopic (exact) mass is 281 g/mol. The van der Waals surface area contributed by atoms with Gasteiger partial charge in [-0.25, -0.2) is 4.79 Å². The molecule has 1 atom stereocenters. The summed E-state index contributed by atoms with van der Waals surface area (Å²) in [6, 6.07) is 2.12. The van der Waals surface area contributed by atoms with Gasteiger partial charge in [-0.3, -0.25) is 9.78 Å². The van der Waals surface area contributed by atoms with E-state index in [1.54, 1.807) is 13.2 Å². The number of hydrogen-bond acceptors (Lipinski definition) is 5. The van der Waals surface area contributed by atoms with Crippen LogP contribution in [0.2, 0.25) is 0 Å². The highest BCUT2D eigenvalue weighted by Crippen LogP contribution is 2.04. The number of methoxy groups -OCH3 is 1. The van der Waals surface area contributed by atoms with E-state index < -0.39 is 17.9 Å². The number of carboxylic acid groups (broad SMARTS) is 1. The van der Waals surface area contributed by atoms with Crippen LogP contribution in [0, 0.1) is 0 Å². The zero-order chi connectivity index (χ0) is 15.0. The zero-order valence-electron chi connectivity index (χ0n) is 11.3. The van der Waals surface area contributed by atoms with E-state index in [-0.39, 0.29) is 6.54 Å². The molecule has 0 saturated heterocycles. The predicted octanol–water partition coefficient (Wildman–Crippen LogP) is 0.150. The van der Waals surface area contributed by atoms with Crippen LogP contribution < -0.4 is 11.1 Å². The second-order valence-electron chi connectivity index (χ2n) is 4.24. The summed E-state index contributed by atoms with van der Waals surface area (Å²) in [6.07, 6.45) is 2.33. The Kier molecular flexibility index (Phi) is 6.61. The summed E-state index contributed by atoms with van der Waals surface area (Å²) in [4.78, 5) is 27.1. The van der Waals surface area contributed by atoms with E-state index >= 15 is 0 Å². The van der Waals surface area contributed by atoms with Crippen LogP contribution in [0.25, 0.3) is 0 Å². The third kappa shape index (κ3) is 4.94. The molecule has 0 spiro atoms. The topological polar surface area (TPSA) is 115 Å². The molecular weight excluding hydrogens is 262 g/mol. The summed E-state index contributed by atoms with van der Waals surface area (Å²) < 4.78 is 4.86. The quantitative estimate of drug-likeness (QED) is 0.584. The van der Waals surface area contributed by atoms with Gasteiger partial charge in [0.1, 0.15) is 6.04 Å². The minimum atomic E-state index is -1.07. The average Bonchev–Trinajstić information content (AvgIpc) is 2.46. The summed E-state index contributed by atoms with van der Waals surface area (Å²) in [5.41, 5.74) is 6.37. The van der Waals surface area contributed by atoms with Crippen molar-refractivity contribution < 1.29 is 19.4 Å². The number of carboxylic acids is 1. The van der Waals surface area contributed by atoms with Gasteiger partial charge in [0.15, 0.2) is 0 Å². The number of aliphatic carboxylic acids is 1. The van der Waals surface area contributed by atoms with Gasteiger partial charge in [-0.2, -0.15) is 0 Å². The molecule has 0 aliphatic rings. The molecule has 0 aromatic carbocycles. The van der Waals surface area contributed by atoms with Crippen LogP contribution in [0.15, 0.2) is 18.3 Å². The molecule has 110 valence electrons. The molecule has 1 amide bonds. The first kappa shape index (κ1) is 16.1. The van der Waals surface area contributed by atoms with E-state index in [2.05, 4.69) is 10.3 Å². The fourth-order valence-electron chi connectivity index (χ4n) is 1.66. The second-order valence-corrected chi connectivity index (χ2v) is 4.24. The van der Waals surface area contributed by atoms with Crippen LogP contribution in [0.5, 0.6) is 0 Å². The molecule has 0 fully saturated rings. The van der Waals surface area contributed by atoms with Crippen molar-refractivity contribution in [3.63, 3.8) is 0 Å². The van der Waals surface area contributed by atoms with Gasteiger partial charge in [0.05, 0.1) is 5.69 Å². The first-order valence-corrected chi connectivity index (χ1v) is 6.26. The molecule has 1 aromatic heterocycles. The fraction of sp³-hybridized carbons (Fsp3) is 0.462. The maximum Gasteiger partial charge on any atom is 0.326 e. The molecule has 7 heteroatoms. The van der Waals surface area contributed by atoms with Gasteiger partial charge >= 0.3 is 5.97 Å². The van der Waals surface area contributed by atoms with E-state index in [0.717, 1.165) is 0 Å². The van der Waals surface area contributed by atoms with Crippen molar-refractivity contribution in [1.82, 2.24) is 10.3 Å². The Bertz CT molecular complexity index is 465. The average molecular weight is 281 g/mol. The minimum Gasteiger partial charge on any atom is -0.480 e. The summed E-state index contributed by atoms with van der Waals surface area (Å²) in [7, 11) is 1.54. The lowest BCUT2D eigenvalue weighted by molar-refractivity contribution is -0.139. The van der Waals surface area contributed by atoms with Crippen LogP contribution in [0.1, 0.15) is 28.9 Å². The molecule has 0 aliphatic carbocycles. The largest absolute Gasteiger partial charge is 0.480 e. The fourth-order valence-corrected chi connectivity index (χ4v) is 1.66. The SMILES string of the molecule is COCCCC(NC(=O)c1ccnc(CN)c1)C(=O)O. The molecule has 1 unspecified atom stereocenters. The Morgan fingerprint density at radius 2 is 2.30 bits per heavy atom. The molecule has 4 N–H and O–H groups in total. The van der Waals surface area contributed by atoms with Crippen molar-refractivity contribution in [2.45, 2.75) is 25.4 Å². The number of rotatable bonds is 8. The maximum absolute atomic E-state index is 12.0. The Labute approximate surface area is 117 Å². The number of amides is 1. The van der Waals surface area contributed by atoms with Gasteiger partial charge in [-0.15, -0.1) is 0 Å². The number of carbonyl (C=O) groups is 2. The van der Waals surface area contributed by atoms with Crippen LogP contribution in [-0.2, 0) is 16.1 Å². The molecule has 7 nitrogen and oxygen atoms in total. The number of aromatic nitrogens is 1. The Balaban J connectivity index is 2.67. The van der Waals surface area contributed by atoms with Crippen molar-refractivity contribution >= 4 is 11.9 Å². The molecule has 0 aliphatic heterocycles. The number of nitrogens with two attached hydrogens (primary N) is 1. The van der Waals surface area contributed by atoms with E-state index in [4.69, 9.17) is 15.6 Å². The van der Waals surface area contributed by atoms with Crippen molar-refractivity contribution in [1.29, 1.82) is 0 Å². The first-order valence-electron chi connectivity index (χ1n) is 6.26. The van der Waals surface area contributed by atoms with Crippen LogP contribution in [0.3, 0.4) is 0 Å². The van der Waals surface area contributed by atoms with Crippen LogP contribution in [-0.4, -0.2) is 41.7 Å². The lowest BCUT2D eigenvalue weighted by Crippen LogP contribution is -2.41. The molecule has 1 aromatic rings. The van der Waals surface area contributed by atoms with Crippen molar-refractivity contribution in [2.24, 2.45) is 5.73 Å². The highest BCUT2D eigenvalue weighted by molar-refractivity contribution is 5.96. The number of nitrogens with one attached hydrogen (secondary N) is 1. The molecule has 0 radical (unpaired) electrons. The lowest BCUT2D eigenvalue weighted by Gasteiger charge is -2.14. The van der Waals surface area contributed by atoms with E-state index in [0.29, 0.717) is 30.7 Å². The Morgan fingerprint density at radius 1 is 1.55 bits per heavy atom. The van der Waals surface area contributed by atoms with Gasteiger partial charge in [0.2, 0.25) is 0 Å². The number of ether oxygens (including phenoxy) is 1. The Hall–Kier alpha value is -1.99. The third-order valence-corrected chi connectivity index (χ3v) is 2.73. The molecule has 1 heterocycles. The van der Waals surface area contributed by atoms with Gasteiger partial charge in [-0.1, -0.05) is 0 Å². The molecule has 1 rings (SSSR count). The molecule has 0 saturated carbocycles. The van der Waals surface area contributed by atoms with Gasteiger partial charge in [0.25, 0.3) is 5.91 Å². The third-order valence-electron chi connectivity index (χ3n) is 2.73. The maximum atomic E-state index is 12.0. The summed E-state index contributed by atoms with van der Waals surface area (Å²) in [6.45, 7) is 0.670. The second kappa shape index (κ2) is 8.23. The number of carbonyl (C=O) groups excluding carboxylic acids is 1. The van der Waals surface area contributed by atoms with Gasteiger partial charge in [-0.05, 0) is 25.0 Å². The van der Waals surface area contributed by atoms with Crippen molar-refractivity contribution in [2.75, 3.05) is 13.7 Å². The summed E-state index contributed by atoms with van der Waals surface area (Å²) in [5, 5.41) is 11.6. The number of hydrogen-bond donors (Lipinski definition) is 3. The summed E-state index contributed by atoms with van der Waals surface area (Å²) in [5.74, 6) is -1.52. The highest BCUT2D eigenvalue weighted by Gasteiger charge is 2.20. The highest BCUT2D eigenvalue weighted by atomic mass is 16.5. The van der Waals surface area contributed by atoms with Gasteiger partial charge < -0.3 is 20.9 Å². The lowest BCUT2D eigenvalue weighted by atomic mass is 10.1. The predicted molar refractivity (Wildman–Crippen MR) is 72.1 cm³/mol. The standard InChI is InChI=1S/C13H19N3O4/c1-20-6-2-3-11(13(18)19)16-12(17)9-4-5-15-10(7-9)8-14/h4-5,7,11H,2-3,6,8,14H2,1H3,(H,16,17)(H,18,19). The zero-order valence-corrected chi connectivity index (χ0v) is 11.3. The first-order chi connectivity index (χ1) is 9.58. The van der Waals surface area contributed by atoms with E-state index in [1.165, 1.54) is 12.3 Å². The van der Waals surface area contributed by atoms with Crippen molar-refractivity contribution in [3.05, 3.63) is 29.6 Å². The van der Waals surface area contributed by atoms with E-state index in [9.17, 15) is 9.59 Å². The van der Waals surface area contributed by atoms with Gasteiger partial charge in [0, 0.05) is 32.0 Å². The number of pyridine rings is 1. The smallest absolute Gasteiger partial charge is 0.326 e. The minimum absolute atomic E-state index is 0.220. The van der Waals surface area contributed by atoms with Crippen LogP contribution >= 0.6 is 0 Å². The van der Waals surface area contributed by atoms with E-state index in [1.807, 2.05) is 0 Å². The molecular formula is C13H19N3O4. The summed E-state index contributed by atoms with van der Waals surface area (Å²) >= 11 is 0. The number of nitrogens with zero attached hydrogens (tertiary/aromatic N) is 1. The van der Waals surface area contributed by atoms with Crippen LogP contribution in [0.4, 0.5) is 0 Å². The molecule has 0 bridgehead atoms. The van der Waals surface area contributed by atoms with Crippen molar-refractivity contribution in [3.8, 4) is 0 Å². The molecule has 20 heavy (non-hydrogen) atoms. The Morgan fingerprint density at radius 3 is 2.90 bits per heavy atom. The normalized spacial score (nSPS) is 11.9.